The Morgan fingerprint density at radius 3 is 2.74 bits per heavy atom. The molecule has 1 aliphatic heterocycles. The average molecular weight is 423 g/mol. The normalized spacial score (nSPS) is 18.2. The lowest BCUT2D eigenvalue weighted by molar-refractivity contribution is 0.106. The Balaban J connectivity index is 1.56. The maximum Gasteiger partial charge on any atom is 0.407 e. The molecule has 0 bridgehead atoms. The van der Waals surface area contributed by atoms with Crippen molar-refractivity contribution in [3.05, 3.63) is 78.3 Å². The van der Waals surface area contributed by atoms with Crippen molar-refractivity contribution in [3.63, 3.8) is 0 Å². The Hall–Kier alpha value is -3.03. The van der Waals surface area contributed by atoms with E-state index in [0.29, 0.717) is 19.3 Å². The Morgan fingerprint density at radius 2 is 2.03 bits per heavy atom. The highest BCUT2D eigenvalue weighted by atomic mass is 16.5. The quantitative estimate of drug-likeness (QED) is 0.545. The second-order valence-electron chi connectivity index (χ2n) is 7.84. The Labute approximate surface area is 183 Å². The summed E-state index contributed by atoms with van der Waals surface area (Å²) in [6.07, 6.45) is 10.1. The van der Waals surface area contributed by atoms with Crippen LogP contribution >= 0.6 is 0 Å². The van der Waals surface area contributed by atoms with Crippen LogP contribution in [-0.2, 0) is 17.8 Å². The number of ether oxygens (including phenoxy) is 1. The Kier molecular flexibility index (Phi) is 8.75. The number of carbonyl (C=O) groups is 1. The maximum absolute atomic E-state index is 12.4. The second kappa shape index (κ2) is 12.0. The van der Waals surface area contributed by atoms with Crippen molar-refractivity contribution in [2.24, 2.45) is 16.6 Å². The molecule has 2 aromatic rings. The van der Waals surface area contributed by atoms with E-state index in [9.17, 15) is 9.90 Å². The fraction of sp³-hybridized carbons (Fsp3) is 0.375. The molecule has 164 valence electrons. The molecule has 1 unspecified atom stereocenters. The van der Waals surface area contributed by atoms with Crippen LogP contribution in [0.4, 0.5) is 4.79 Å². The largest absolute Gasteiger partial charge is 0.445 e. The van der Waals surface area contributed by atoms with Gasteiger partial charge in [-0.05, 0) is 43.2 Å². The number of nitrogens with one attached hydrogen (secondary N) is 1. The van der Waals surface area contributed by atoms with Crippen molar-refractivity contribution in [2.45, 2.75) is 50.5 Å². The topological polar surface area (TPSA) is 110 Å². The van der Waals surface area contributed by atoms with Crippen LogP contribution in [0.3, 0.4) is 0 Å². The number of aromatic nitrogens is 1. The van der Waals surface area contributed by atoms with Crippen LogP contribution in [0.15, 0.2) is 72.1 Å². The first-order valence-electron chi connectivity index (χ1n) is 10.6. The summed E-state index contributed by atoms with van der Waals surface area (Å²) in [5.41, 5.74) is 8.14. The molecule has 0 fully saturated rings. The summed E-state index contributed by atoms with van der Waals surface area (Å²) in [5.74, 6) is 0.235. The zero-order valence-corrected chi connectivity index (χ0v) is 17.5. The molecule has 1 aromatic carbocycles. The molecule has 3 rings (SSSR count). The number of allylic oxidation sites excluding steroid dienone is 1. The first-order chi connectivity index (χ1) is 15.1. The van der Waals surface area contributed by atoms with Gasteiger partial charge >= 0.3 is 6.09 Å². The molecule has 0 spiro atoms. The zero-order chi connectivity index (χ0) is 21.9. The molecule has 1 aromatic heterocycles. The summed E-state index contributed by atoms with van der Waals surface area (Å²) in [5, 5.41) is 13.6. The number of nitrogens with zero attached hydrogens (tertiary/aromatic N) is 2. The molecule has 7 heteroatoms. The number of aliphatic hydroxyl groups is 1. The van der Waals surface area contributed by atoms with Crippen LogP contribution in [-0.4, -0.2) is 40.6 Å². The minimum absolute atomic E-state index is 0.137. The molecule has 4 N–H and O–H groups in total. The number of alkyl carbamates (subject to hydrolysis) is 1. The highest BCUT2D eigenvalue weighted by molar-refractivity contribution is 5.67. The molecule has 1 amide bonds. The van der Waals surface area contributed by atoms with Crippen molar-refractivity contribution in [2.75, 3.05) is 0 Å². The molecule has 4 atom stereocenters. The van der Waals surface area contributed by atoms with E-state index >= 15 is 0 Å². The Morgan fingerprint density at radius 1 is 1.23 bits per heavy atom. The smallest absolute Gasteiger partial charge is 0.407 e. The number of pyridine rings is 1. The number of rotatable bonds is 10. The van der Waals surface area contributed by atoms with E-state index in [4.69, 9.17) is 10.5 Å². The third-order valence-corrected chi connectivity index (χ3v) is 5.29. The van der Waals surface area contributed by atoms with E-state index in [-0.39, 0.29) is 18.6 Å². The van der Waals surface area contributed by atoms with Crippen LogP contribution in [0.1, 0.15) is 30.4 Å². The van der Waals surface area contributed by atoms with Crippen molar-refractivity contribution >= 4 is 12.3 Å². The molecule has 31 heavy (non-hydrogen) atoms. The van der Waals surface area contributed by atoms with Gasteiger partial charge in [0.15, 0.2) is 0 Å². The van der Waals surface area contributed by atoms with Crippen LogP contribution in [0.5, 0.6) is 0 Å². The fourth-order valence-corrected chi connectivity index (χ4v) is 3.59. The van der Waals surface area contributed by atoms with Gasteiger partial charge in [0.2, 0.25) is 0 Å². The van der Waals surface area contributed by atoms with Crippen molar-refractivity contribution in [1.29, 1.82) is 0 Å². The molecule has 2 heterocycles. The van der Waals surface area contributed by atoms with E-state index in [2.05, 4.69) is 15.3 Å². The molecule has 1 aliphatic rings. The van der Waals surface area contributed by atoms with Gasteiger partial charge in [-0.2, -0.15) is 0 Å². The predicted molar refractivity (Wildman–Crippen MR) is 120 cm³/mol. The van der Waals surface area contributed by atoms with Crippen LogP contribution < -0.4 is 11.1 Å². The third-order valence-electron chi connectivity index (χ3n) is 5.29. The Bertz CT molecular complexity index is 858. The van der Waals surface area contributed by atoms with Gasteiger partial charge in [-0.1, -0.05) is 42.5 Å². The van der Waals surface area contributed by atoms with Crippen molar-refractivity contribution in [3.8, 4) is 0 Å². The minimum Gasteiger partial charge on any atom is -0.445 e. The zero-order valence-electron chi connectivity index (χ0n) is 17.5. The number of aliphatic imine (C=N–C) groups is 1. The SMILES string of the molecule is N[C@@H](Cc1ccccc1)[C@@H](O)C[C@H](CC1C=CN=CC1)NC(=O)OCc1cccnc1. The molecule has 7 nitrogen and oxygen atoms in total. The standard InChI is InChI=1S/C24H30N4O3/c25-22(14-18-5-2-1-3-6-18)23(29)15-21(13-19-8-11-26-12-9-19)28-24(30)31-17-20-7-4-10-27-16-20/h1-8,10-12,16,19,21-23,29H,9,13-15,17,25H2,(H,28,30)/t19?,21-,22-,23-/m0/s1. The van der Waals surface area contributed by atoms with E-state index in [0.717, 1.165) is 17.5 Å². The van der Waals surface area contributed by atoms with E-state index in [1.54, 1.807) is 24.7 Å². The van der Waals surface area contributed by atoms with Crippen LogP contribution in [0.2, 0.25) is 0 Å². The number of aliphatic hydroxyl groups excluding tert-OH is 1. The number of benzene rings is 1. The summed E-state index contributed by atoms with van der Waals surface area (Å²) in [6, 6.07) is 12.8. The van der Waals surface area contributed by atoms with E-state index < -0.39 is 18.2 Å². The van der Waals surface area contributed by atoms with E-state index in [1.807, 2.05) is 48.7 Å². The number of nitrogens with two attached hydrogens (primary N) is 1. The van der Waals surface area contributed by atoms with Gasteiger partial charge in [-0.3, -0.25) is 9.98 Å². The summed E-state index contributed by atoms with van der Waals surface area (Å²) >= 11 is 0. The number of amides is 1. The van der Waals surface area contributed by atoms with Gasteiger partial charge in [-0.25, -0.2) is 4.79 Å². The number of hydrogen-bond acceptors (Lipinski definition) is 6. The predicted octanol–water partition coefficient (Wildman–Crippen LogP) is 2.99. The summed E-state index contributed by atoms with van der Waals surface area (Å²) in [4.78, 5) is 20.5. The van der Waals surface area contributed by atoms with Gasteiger partial charge in [0.1, 0.15) is 6.61 Å². The van der Waals surface area contributed by atoms with Gasteiger partial charge in [0.25, 0.3) is 0 Å². The summed E-state index contributed by atoms with van der Waals surface area (Å²) in [6.45, 7) is 0.137. The first kappa shape index (κ1) is 22.7. The lowest BCUT2D eigenvalue weighted by atomic mass is 9.90. The van der Waals surface area contributed by atoms with Crippen LogP contribution in [0, 0.1) is 5.92 Å². The average Bonchev–Trinajstić information content (AvgIpc) is 2.79. The van der Waals surface area contributed by atoms with Crippen LogP contribution in [0.25, 0.3) is 0 Å². The highest BCUT2D eigenvalue weighted by Gasteiger charge is 2.24. The third kappa shape index (κ3) is 7.96. The number of carbonyl (C=O) groups excluding carboxylic acids is 1. The van der Waals surface area contributed by atoms with Crippen molar-refractivity contribution < 1.29 is 14.6 Å². The first-order valence-corrected chi connectivity index (χ1v) is 10.6. The lowest BCUT2D eigenvalue weighted by Crippen LogP contribution is -2.44. The molecule has 0 saturated heterocycles. The van der Waals surface area contributed by atoms with Crippen molar-refractivity contribution in [1.82, 2.24) is 10.3 Å². The molecular formula is C24H30N4O3. The summed E-state index contributed by atoms with van der Waals surface area (Å²) in [7, 11) is 0. The fourth-order valence-electron chi connectivity index (χ4n) is 3.59. The van der Waals surface area contributed by atoms with Gasteiger partial charge in [0, 0.05) is 42.5 Å². The van der Waals surface area contributed by atoms with Gasteiger partial charge in [0.05, 0.1) is 6.10 Å². The molecule has 0 radical (unpaired) electrons. The highest BCUT2D eigenvalue weighted by Crippen LogP contribution is 2.19. The minimum atomic E-state index is -0.759. The van der Waals surface area contributed by atoms with Gasteiger partial charge in [-0.15, -0.1) is 0 Å². The van der Waals surface area contributed by atoms with E-state index in [1.165, 1.54) is 0 Å². The lowest BCUT2D eigenvalue weighted by Gasteiger charge is -2.27. The summed E-state index contributed by atoms with van der Waals surface area (Å²) < 4.78 is 5.34. The second-order valence-corrected chi connectivity index (χ2v) is 7.84. The monoisotopic (exact) mass is 422 g/mol. The molecular weight excluding hydrogens is 392 g/mol. The molecule has 0 aliphatic carbocycles. The number of hydrogen-bond donors (Lipinski definition) is 3. The molecule has 0 saturated carbocycles. The van der Waals surface area contributed by atoms with Gasteiger partial charge < -0.3 is 20.9 Å². The maximum atomic E-state index is 12.4.